The van der Waals surface area contributed by atoms with Gasteiger partial charge in [0.2, 0.25) is 5.79 Å². The topological polar surface area (TPSA) is 410 Å². The van der Waals surface area contributed by atoms with Crippen LogP contribution in [0.5, 0.6) is 0 Å². The summed E-state index contributed by atoms with van der Waals surface area (Å²) in [5.41, 5.74) is 0.816. The third-order valence-corrected chi connectivity index (χ3v) is 22.7. The van der Waals surface area contributed by atoms with Gasteiger partial charge in [0.25, 0.3) is 0 Å². The van der Waals surface area contributed by atoms with Crippen molar-refractivity contribution < 1.29 is 124 Å². The predicted octanol–water partition coefficient (Wildman–Crippen LogP) is -4.60. The Balaban J connectivity index is 0.995. The molecule has 26 heteroatoms. The van der Waals surface area contributed by atoms with Gasteiger partial charge in [-0.3, -0.25) is 4.90 Å². The molecule has 7 aliphatic heterocycles. The largest absolute Gasteiger partial charge is 0.394 e. The Morgan fingerprint density at radius 2 is 1.10 bits per heavy atom. The minimum Gasteiger partial charge on any atom is -0.394 e. The molecule has 4 aliphatic carbocycles. The van der Waals surface area contributed by atoms with E-state index >= 15 is 0 Å². The molecule has 476 valence electrons. The van der Waals surface area contributed by atoms with E-state index < -0.39 is 185 Å². The third kappa shape index (κ3) is 10.5. The zero-order valence-corrected chi connectivity index (χ0v) is 47.8. The summed E-state index contributed by atoms with van der Waals surface area (Å²) >= 11 is 0. The van der Waals surface area contributed by atoms with Crippen LogP contribution < -0.4 is 0 Å². The summed E-state index contributed by atoms with van der Waals surface area (Å²) in [6.45, 7) is 8.45. The first-order valence-electron chi connectivity index (χ1n) is 30.4. The number of allylic oxidation sites excluding steroid dienone is 2. The van der Waals surface area contributed by atoms with Crippen molar-refractivity contribution >= 4 is 0 Å². The first-order valence-corrected chi connectivity index (χ1v) is 30.4. The number of hydrogen-bond acceptors (Lipinski definition) is 26. The lowest BCUT2D eigenvalue weighted by atomic mass is 9.46. The Labute approximate surface area is 482 Å². The molecule has 3 saturated carbocycles. The highest BCUT2D eigenvalue weighted by Gasteiger charge is 2.69. The van der Waals surface area contributed by atoms with Crippen LogP contribution in [0.2, 0.25) is 0 Å². The fourth-order valence-electron chi connectivity index (χ4n) is 18.2. The van der Waals surface area contributed by atoms with Crippen LogP contribution in [-0.4, -0.2) is 285 Å². The van der Waals surface area contributed by atoms with E-state index in [0.717, 1.165) is 37.8 Å². The zero-order chi connectivity index (χ0) is 59.7. The van der Waals surface area contributed by atoms with Crippen molar-refractivity contribution in [1.82, 2.24) is 4.90 Å². The quantitative estimate of drug-likeness (QED) is 0.0772. The summed E-state index contributed by atoms with van der Waals surface area (Å²) in [6, 6.07) is 1.14. The van der Waals surface area contributed by atoms with E-state index in [4.69, 9.17) is 42.6 Å². The number of hydrogen-bond donors (Lipinski definition) is 16. The van der Waals surface area contributed by atoms with E-state index in [2.05, 4.69) is 38.7 Å². The van der Waals surface area contributed by atoms with Crippen LogP contribution in [0, 0.1) is 52.3 Å². The molecule has 83 heavy (non-hydrogen) atoms. The van der Waals surface area contributed by atoms with Crippen molar-refractivity contribution in [2.45, 2.75) is 258 Å². The minimum atomic E-state index is -2.54. The Bertz CT molecular complexity index is 2260. The van der Waals surface area contributed by atoms with Crippen LogP contribution in [0.25, 0.3) is 0 Å². The average Bonchev–Trinajstić information content (AvgIpc) is 3.96. The van der Waals surface area contributed by atoms with Crippen LogP contribution in [-0.2, 0) is 42.6 Å². The highest BCUT2D eigenvalue weighted by Crippen LogP contribution is 2.70. The Hall–Kier alpha value is -1.30. The number of aliphatic hydroxyl groups excluding tert-OH is 16. The van der Waals surface area contributed by atoms with Crippen molar-refractivity contribution in [3.05, 3.63) is 11.6 Å². The summed E-state index contributed by atoms with van der Waals surface area (Å²) in [4.78, 5) is 2.86. The molecule has 0 amide bonds. The van der Waals surface area contributed by atoms with E-state index in [9.17, 15) is 81.7 Å². The van der Waals surface area contributed by atoms with Gasteiger partial charge in [0.15, 0.2) is 25.2 Å². The maximum Gasteiger partial charge on any atom is 0.204 e. The highest BCUT2D eigenvalue weighted by molar-refractivity contribution is 5.28. The maximum atomic E-state index is 12.5. The minimum absolute atomic E-state index is 0.158. The second-order valence-electron chi connectivity index (χ2n) is 27.1. The normalized spacial score (nSPS) is 57.4. The summed E-state index contributed by atoms with van der Waals surface area (Å²) in [6.07, 6.45) is -36.0. The smallest absolute Gasteiger partial charge is 0.204 e. The number of rotatable bonds is 13. The average molecular weight is 1190 g/mol. The van der Waals surface area contributed by atoms with E-state index in [-0.39, 0.29) is 29.6 Å². The molecule has 26 nitrogen and oxygen atoms in total. The van der Waals surface area contributed by atoms with E-state index in [1.165, 1.54) is 19.8 Å². The first-order chi connectivity index (χ1) is 39.4. The van der Waals surface area contributed by atoms with Crippen molar-refractivity contribution in [2.75, 3.05) is 33.0 Å². The lowest BCUT2D eigenvalue weighted by Crippen LogP contribution is -2.74. The molecule has 0 aromatic heterocycles. The molecule has 0 bridgehead atoms. The molecule has 7 saturated heterocycles. The molecular formula is C57H93NO25. The monoisotopic (exact) mass is 1190 g/mol. The number of aliphatic hydroxyl groups is 16. The fourth-order valence-corrected chi connectivity index (χ4v) is 18.2. The van der Waals surface area contributed by atoms with Crippen molar-refractivity contribution in [2.24, 2.45) is 52.3 Å². The van der Waals surface area contributed by atoms with Crippen LogP contribution in [0.15, 0.2) is 11.6 Å². The van der Waals surface area contributed by atoms with Gasteiger partial charge in [-0.05, 0) is 111 Å². The Kier molecular flexibility index (Phi) is 18.4. The molecule has 2 unspecified atom stereocenters. The number of piperidine rings is 1. The molecule has 0 aromatic rings. The van der Waals surface area contributed by atoms with Crippen molar-refractivity contribution in [1.29, 1.82) is 0 Å². The summed E-state index contributed by atoms with van der Waals surface area (Å²) in [5, 5.41) is 178. The van der Waals surface area contributed by atoms with Crippen molar-refractivity contribution in [3.63, 3.8) is 0 Å². The second kappa shape index (κ2) is 24.1. The fraction of sp³-hybridized carbons (Fsp3) is 0.965. The maximum absolute atomic E-state index is 12.5. The molecule has 7 heterocycles. The van der Waals surface area contributed by atoms with Gasteiger partial charge >= 0.3 is 0 Å². The van der Waals surface area contributed by atoms with Gasteiger partial charge in [-0.2, -0.15) is 0 Å². The zero-order valence-electron chi connectivity index (χ0n) is 47.8. The number of nitrogens with zero attached hydrogens (tertiary/aromatic N) is 1. The molecule has 10 fully saturated rings. The van der Waals surface area contributed by atoms with Crippen LogP contribution in [0.4, 0.5) is 0 Å². The van der Waals surface area contributed by atoms with Gasteiger partial charge < -0.3 is 124 Å². The Morgan fingerprint density at radius 3 is 1.71 bits per heavy atom. The van der Waals surface area contributed by atoms with Gasteiger partial charge in [0, 0.05) is 24.5 Å². The van der Waals surface area contributed by atoms with Crippen LogP contribution in [0.3, 0.4) is 0 Å². The van der Waals surface area contributed by atoms with Gasteiger partial charge in [0.1, 0.15) is 116 Å². The SMILES string of the molecule is C[C@H]1CC[C@@H]2[C@@H](C)[C@H]3[C@H](C[C@H]4[C@@H]5CC=C6CC([C@]7(O[C@@H]8O[C@H](CO)[C@@H](O)[C@H](O[C@@H]9O[C@H](CO)[C@@H](O)[C@H](O)[C@H]9O)[C@H]8O[C@@H]8O[C@H](CO)[C@@H](O)[C@H](O)[C@H]8O)O[C@H](CO)[C@@H](O)[C@@H](O)[C@H]7O[C@@H]7O[C@@H](C)[C@H](O)[C@@H](O)[C@H]7O)CC[C@]6(C)C5CC[C@]34C)N2C1. The van der Waals surface area contributed by atoms with E-state index in [0.29, 0.717) is 48.1 Å². The lowest BCUT2D eigenvalue weighted by molar-refractivity contribution is -0.465. The highest BCUT2D eigenvalue weighted by atomic mass is 16.8. The van der Waals surface area contributed by atoms with Gasteiger partial charge in [-0.25, -0.2) is 0 Å². The molecule has 0 aromatic carbocycles. The summed E-state index contributed by atoms with van der Waals surface area (Å²) in [7, 11) is 0. The van der Waals surface area contributed by atoms with E-state index in [1.54, 1.807) is 0 Å². The summed E-state index contributed by atoms with van der Waals surface area (Å²) < 4.78 is 56.9. The predicted molar refractivity (Wildman–Crippen MR) is 280 cm³/mol. The molecular weight excluding hydrogens is 1100 g/mol. The second-order valence-corrected chi connectivity index (χ2v) is 27.1. The lowest BCUT2D eigenvalue weighted by Gasteiger charge is -2.61. The Morgan fingerprint density at radius 1 is 0.542 bits per heavy atom. The number of fused-ring (bicyclic) bond motifs is 9. The van der Waals surface area contributed by atoms with Gasteiger partial charge in [-0.1, -0.05) is 39.3 Å². The molecule has 16 N–H and O–H groups in total. The summed E-state index contributed by atoms with van der Waals surface area (Å²) in [5.74, 6) is -0.556. The van der Waals surface area contributed by atoms with Gasteiger partial charge in [-0.15, -0.1) is 0 Å². The molecule has 0 radical (unpaired) electrons. The standard InChI is InChI=1S/C57H93NO25/c1-21-6-9-29-22(2)35-30(58(29)16-21)15-28-26-8-7-24-14-25(10-12-55(24,4)27(26)11-13-56(28,35)5)57(50(44(71)39(66)34(20-62)82-57)81-51-45(72)41(68)36(63)23(3)75-51)83-54-49(80-53-47(74)43(70)38(65)32(18-60)77-53)48(40(67)33(19-61)78-54)79-52-46(73)42(69)37(64)31(17-59)76-52/h7,21-23,25-54,59-74H,6,8-20H2,1-5H3/t21-,22+,23-,25?,26+,27?,28-,29+,30-,31+,32+,33+,34+,35-,36-,37+,38+,39+,40+,41+,42-,43-,44+,45+,46+,47+,48-,49+,50+,51-,52-,53-,54-,55-,56-,57+/m0/s1. The number of ether oxygens (including phenoxy) is 9. The molecule has 11 rings (SSSR count). The molecule has 0 spiro atoms. The van der Waals surface area contributed by atoms with Crippen LogP contribution >= 0.6 is 0 Å². The van der Waals surface area contributed by atoms with E-state index in [1.807, 2.05) is 0 Å². The van der Waals surface area contributed by atoms with Gasteiger partial charge in [0.05, 0.1) is 32.5 Å². The molecule has 36 atom stereocenters. The van der Waals surface area contributed by atoms with Crippen LogP contribution in [0.1, 0.15) is 92.4 Å². The molecule has 11 aliphatic rings. The first kappa shape index (κ1) is 63.3. The third-order valence-electron chi connectivity index (χ3n) is 22.7. The van der Waals surface area contributed by atoms with Crippen molar-refractivity contribution in [3.8, 4) is 0 Å².